The summed E-state index contributed by atoms with van der Waals surface area (Å²) in [4.78, 5) is 22.3. The fourth-order valence-electron chi connectivity index (χ4n) is 5.13. The Morgan fingerprint density at radius 2 is 1.94 bits per heavy atom. The van der Waals surface area contributed by atoms with Crippen molar-refractivity contribution in [1.29, 1.82) is 0 Å². The molecule has 10 heteroatoms. The third-order valence-corrected chi connectivity index (χ3v) is 7.40. The molecule has 1 aromatic carbocycles. The van der Waals surface area contributed by atoms with Crippen LogP contribution in [-0.4, -0.2) is 71.6 Å². The molecule has 5 heterocycles. The van der Waals surface area contributed by atoms with Crippen LogP contribution in [0.4, 0.5) is 21.6 Å². The summed E-state index contributed by atoms with van der Waals surface area (Å²) in [5, 5.41) is 7.74. The smallest absolute Gasteiger partial charge is 0.274 e. The molecule has 3 aliphatic rings. The minimum atomic E-state index is -0.378. The van der Waals surface area contributed by atoms with Crippen LogP contribution in [0.5, 0.6) is 0 Å². The van der Waals surface area contributed by atoms with E-state index in [-0.39, 0.29) is 23.1 Å². The predicted octanol–water partition coefficient (Wildman–Crippen LogP) is 2.42. The van der Waals surface area contributed by atoms with E-state index in [1.807, 2.05) is 25.3 Å². The first-order valence-electron chi connectivity index (χ1n) is 12.4. The van der Waals surface area contributed by atoms with E-state index >= 15 is 4.39 Å². The molecule has 36 heavy (non-hydrogen) atoms. The Kier molecular flexibility index (Phi) is 5.85. The summed E-state index contributed by atoms with van der Waals surface area (Å²) in [5.41, 5.74) is 5.73. The molecular formula is C26H30FN7O2. The van der Waals surface area contributed by atoms with Crippen LogP contribution >= 0.6 is 0 Å². The normalized spacial score (nSPS) is 20.8. The molecule has 9 nitrogen and oxygen atoms in total. The van der Waals surface area contributed by atoms with Gasteiger partial charge in [-0.05, 0) is 37.3 Å². The van der Waals surface area contributed by atoms with E-state index in [4.69, 9.17) is 4.74 Å². The van der Waals surface area contributed by atoms with Crippen molar-refractivity contribution in [3.63, 3.8) is 0 Å². The summed E-state index contributed by atoms with van der Waals surface area (Å²) in [6, 6.07) is 9.64. The van der Waals surface area contributed by atoms with Crippen LogP contribution in [0.25, 0.3) is 10.9 Å². The third-order valence-electron chi connectivity index (χ3n) is 7.40. The second-order valence-electron chi connectivity index (χ2n) is 9.82. The largest absolute Gasteiger partial charge is 0.378 e. The number of aromatic nitrogens is 2. The van der Waals surface area contributed by atoms with Gasteiger partial charge in [0.1, 0.15) is 17.3 Å². The highest BCUT2D eigenvalue weighted by atomic mass is 19.1. The van der Waals surface area contributed by atoms with Crippen LogP contribution in [0.1, 0.15) is 18.9 Å². The van der Waals surface area contributed by atoms with Crippen LogP contribution in [0.15, 0.2) is 46.4 Å². The molecule has 6 rings (SSSR count). The third kappa shape index (κ3) is 4.10. The number of ether oxygens (including phenoxy) is 1. The number of hydrogen-bond acceptors (Lipinski definition) is 8. The van der Waals surface area contributed by atoms with Crippen molar-refractivity contribution in [2.24, 2.45) is 12.1 Å². The van der Waals surface area contributed by atoms with E-state index in [2.05, 4.69) is 30.6 Å². The quantitative estimate of drug-likeness (QED) is 0.567. The average molecular weight is 492 g/mol. The molecule has 188 valence electrons. The van der Waals surface area contributed by atoms with E-state index < -0.39 is 0 Å². The van der Waals surface area contributed by atoms with E-state index in [0.717, 1.165) is 45.1 Å². The monoisotopic (exact) mass is 491 g/mol. The highest BCUT2D eigenvalue weighted by Gasteiger charge is 2.29. The zero-order valence-corrected chi connectivity index (χ0v) is 20.5. The maximum absolute atomic E-state index is 15.6. The number of pyridine rings is 2. The lowest BCUT2D eigenvalue weighted by Gasteiger charge is -2.43. The Morgan fingerprint density at radius 1 is 1.14 bits per heavy atom. The molecule has 0 bridgehead atoms. The molecule has 0 radical (unpaired) electrons. The first-order chi connectivity index (χ1) is 17.5. The number of nitrogens with zero attached hydrogens (tertiary/aromatic N) is 5. The summed E-state index contributed by atoms with van der Waals surface area (Å²) in [6.07, 6.45) is 2.47. The topological polar surface area (TPSA) is 87.0 Å². The summed E-state index contributed by atoms with van der Waals surface area (Å²) >= 11 is 0. The molecular weight excluding hydrogens is 461 g/mol. The summed E-state index contributed by atoms with van der Waals surface area (Å²) in [7, 11) is 1.65. The molecule has 1 atom stereocenters. The zero-order chi connectivity index (χ0) is 24.8. The maximum Gasteiger partial charge on any atom is 0.274 e. The van der Waals surface area contributed by atoms with Gasteiger partial charge in [-0.2, -0.15) is 5.10 Å². The van der Waals surface area contributed by atoms with Gasteiger partial charge in [0.25, 0.3) is 5.56 Å². The highest BCUT2D eigenvalue weighted by molar-refractivity contribution is 6.04. The van der Waals surface area contributed by atoms with Gasteiger partial charge in [-0.3, -0.25) is 9.69 Å². The van der Waals surface area contributed by atoms with E-state index in [0.29, 0.717) is 40.5 Å². The number of hydrazone groups is 1. The lowest BCUT2D eigenvalue weighted by Crippen LogP contribution is -2.56. The number of halogens is 1. The van der Waals surface area contributed by atoms with Gasteiger partial charge in [-0.25, -0.2) is 9.37 Å². The fourth-order valence-corrected chi connectivity index (χ4v) is 5.13. The molecule has 0 spiro atoms. The number of fused-ring (bicyclic) bond motifs is 1. The second kappa shape index (κ2) is 9.18. The Bertz CT molecular complexity index is 1380. The summed E-state index contributed by atoms with van der Waals surface area (Å²) in [5.74, 6) is 0.159. The van der Waals surface area contributed by atoms with Gasteiger partial charge in [0.05, 0.1) is 42.4 Å². The van der Waals surface area contributed by atoms with Gasteiger partial charge in [0, 0.05) is 56.6 Å². The van der Waals surface area contributed by atoms with Crippen molar-refractivity contribution in [3.8, 4) is 0 Å². The van der Waals surface area contributed by atoms with Crippen LogP contribution in [-0.2, 0) is 11.8 Å². The van der Waals surface area contributed by atoms with Crippen LogP contribution < -0.4 is 21.2 Å². The number of nitrogens with one attached hydrogen (secondary N) is 2. The molecule has 0 saturated carbocycles. The van der Waals surface area contributed by atoms with Gasteiger partial charge in [0.2, 0.25) is 0 Å². The number of anilines is 3. The van der Waals surface area contributed by atoms with Gasteiger partial charge in [-0.15, -0.1) is 0 Å². The molecule has 0 aliphatic carbocycles. The van der Waals surface area contributed by atoms with Crippen LogP contribution in [0.2, 0.25) is 0 Å². The Morgan fingerprint density at radius 3 is 2.58 bits per heavy atom. The van der Waals surface area contributed by atoms with Crippen molar-refractivity contribution >= 4 is 33.8 Å². The maximum atomic E-state index is 15.6. The summed E-state index contributed by atoms with van der Waals surface area (Å²) in [6.45, 7) is 7.59. The van der Waals surface area contributed by atoms with E-state index in [9.17, 15) is 4.79 Å². The zero-order valence-electron chi connectivity index (χ0n) is 20.5. The number of hydrogen-bond donors (Lipinski definition) is 2. The van der Waals surface area contributed by atoms with Crippen LogP contribution in [0.3, 0.4) is 0 Å². The molecule has 2 N–H and O–H groups in total. The molecule has 3 aromatic rings. The lowest BCUT2D eigenvalue weighted by atomic mass is 10.0. The number of aryl methyl sites for hydroxylation is 1. The lowest BCUT2D eigenvalue weighted by molar-refractivity contribution is -0.0660. The van der Waals surface area contributed by atoms with Crippen LogP contribution in [0, 0.1) is 5.82 Å². The number of rotatable bonds is 5. The predicted molar refractivity (Wildman–Crippen MR) is 139 cm³/mol. The standard InChI is InChI=1S/C26H30FN7O2/c1-16-11-21(31-30-16)19-4-5-23-20(25(19)27)12-22(26(35)32(23)2)29-24-6-3-17(13-28-24)33-7-9-34(10-8-33)18-14-36-15-18/h3-6,12-13,16,18,30H,7-11,14-15H2,1-2H3,(H,28,29). The molecule has 3 aliphatic heterocycles. The first-order valence-corrected chi connectivity index (χ1v) is 12.4. The van der Waals surface area contributed by atoms with Crippen molar-refractivity contribution < 1.29 is 9.13 Å². The Balaban J connectivity index is 1.22. The molecule has 2 saturated heterocycles. The van der Waals surface area contributed by atoms with E-state index in [1.54, 1.807) is 25.2 Å². The summed E-state index contributed by atoms with van der Waals surface area (Å²) < 4.78 is 22.3. The van der Waals surface area contributed by atoms with Crippen molar-refractivity contribution in [2.75, 3.05) is 49.6 Å². The van der Waals surface area contributed by atoms with Crippen molar-refractivity contribution in [1.82, 2.24) is 19.9 Å². The highest BCUT2D eigenvalue weighted by Crippen LogP contribution is 2.26. The van der Waals surface area contributed by atoms with Crippen molar-refractivity contribution in [2.45, 2.75) is 25.4 Å². The Hall–Kier alpha value is -3.50. The molecule has 0 amide bonds. The Labute approximate surface area is 208 Å². The number of benzene rings is 1. The minimum absolute atomic E-state index is 0.169. The molecule has 2 aromatic heterocycles. The van der Waals surface area contributed by atoms with Gasteiger partial charge in [-0.1, -0.05) is 0 Å². The van der Waals surface area contributed by atoms with Gasteiger partial charge in [0.15, 0.2) is 0 Å². The van der Waals surface area contributed by atoms with Gasteiger partial charge >= 0.3 is 0 Å². The van der Waals surface area contributed by atoms with E-state index in [1.165, 1.54) is 4.57 Å². The molecule has 1 unspecified atom stereocenters. The van der Waals surface area contributed by atoms with Gasteiger partial charge < -0.3 is 24.9 Å². The minimum Gasteiger partial charge on any atom is -0.378 e. The fraction of sp³-hybridized carbons (Fsp3) is 0.423. The first kappa shape index (κ1) is 22.9. The molecule has 2 fully saturated rings. The van der Waals surface area contributed by atoms with Crippen molar-refractivity contribution in [3.05, 3.63) is 58.3 Å². The average Bonchev–Trinajstić information content (AvgIpc) is 3.29. The second-order valence-corrected chi connectivity index (χ2v) is 9.82. The SMILES string of the molecule is CC1CC(c2ccc3c(cc(Nc4ccc(N5CCN(C6COC6)CC5)cn4)c(=O)n3C)c2F)=NN1. The number of piperazine rings is 1.